The molecular weight excluding hydrogens is 336 g/mol. The van der Waals surface area contributed by atoms with Crippen LogP contribution in [0.1, 0.15) is 55.3 Å². The van der Waals surface area contributed by atoms with Gasteiger partial charge in [-0.1, -0.05) is 61.5 Å². The molecule has 0 bridgehead atoms. The summed E-state index contributed by atoms with van der Waals surface area (Å²) in [5.41, 5.74) is 3.31. The van der Waals surface area contributed by atoms with Gasteiger partial charge < -0.3 is 10.2 Å². The Hall–Kier alpha value is -2.88. The Kier molecular flexibility index (Phi) is 6.07. The maximum atomic E-state index is 12.7. The van der Waals surface area contributed by atoms with E-state index in [4.69, 9.17) is 0 Å². The summed E-state index contributed by atoms with van der Waals surface area (Å²) in [7, 11) is 0. The van der Waals surface area contributed by atoms with E-state index in [1.165, 1.54) is 12.5 Å². The summed E-state index contributed by atoms with van der Waals surface area (Å²) in [5.74, 6) is 0.192. The van der Waals surface area contributed by atoms with Crippen LogP contribution in [0, 0.1) is 0 Å². The summed E-state index contributed by atoms with van der Waals surface area (Å²) in [4.78, 5) is 26.4. The van der Waals surface area contributed by atoms with Crippen molar-refractivity contribution < 1.29 is 9.59 Å². The van der Waals surface area contributed by atoms with Gasteiger partial charge in [-0.15, -0.1) is 0 Å². The van der Waals surface area contributed by atoms with Crippen molar-refractivity contribution in [3.63, 3.8) is 0 Å². The fraction of sp³-hybridized carbons (Fsp3) is 0.304. The highest BCUT2D eigenvalue weighted by atomic mass is 16.2. The van der Waals surface area contributed by atoms with E-state index in [9.17, 15) is 9.59 Å². The van der Waals surface area contributed by atoms with Gasteiger partial charge >= 0.3 is 0 Å². The van der Waals surface area contributed by atoms with Crippen molar-refractivity contribution in [1.82, 2.24) is 10.2 Å². The summed E-state index contributed by atoms with van der Waals surface area (Å²) in [6.07, 6.45) is 4.92. The molecule has 1 N–H and O–H groups in total. The first-order valence-corrected chi connectivity index (χ1v) is 9.47. The second-order valence-corrected chi connectivity index (χ2v) is 6.91. The average Bonchev–Trinajstić information content (AvgIpc) is 2.69. The molecule has 2 aromatic rings. The van der Waals surface area contributed by atoms with Crippen molar-refractivity contribution in [1.29, 1.82) is 0 Å². The lowest BCUT2D eigenvalue weighted by Crippen LogP contribution is -2.36. The second kappa shape index (κ2) is 8.67. The van der Waals surface area contributed by atoms with Crippen molar-refractivity contribution >= 4 is 17.9 Å². The summed E-state index contributed by atoms with van der Waals surface area (Å²) in [6.45, 7) is 4.26. The fourth-order valence-corrected chi connectivity index (χ4v) is 3.62. The predicted molar refractivity (Wildman–Crippen MR) is 108 cm³/mol. The van der Waals surface area contributed by atoms with Crippen LogP contribution in [0.2, 0.25) is 0 Å². The minimum Gasteiger partial charge on any atom is -0.355 e. The fourth-order valence-electron chi connectivity index (χ4n) is 3.62. The van der Waals surface area contributed by atoms with Crippen LogP contribution in [0.4, 0.5) is 0 Å². The van der Waals surface area contributed by atoms with Crippen LogP contribution in [0.3, 0.4) is 0 Å². The lowest BCUT2D eigenvalue weighted by Gasteiger charge is -2.32. The van der Waals surface area contributed by atoms with Crippen LogP contribution < -0.4 is 5.32 Å². The van der Waals surface area contributed by atoms with E-state index in [2.05, 4.69) is 24.4 Å². The largest absolute Gasteiger partial charge is 0.355 e. The van der Waals surface area contributed by atoms with Gasteiger partial charge in [0.2, 0.25) is 11.8 Å². The van der Waals surface area contributed by atoms with E-state index in [-0.39, 0.29) is 30.2 Å². The quantitative estimate of drug-likeness (QED) is 0.835. The highest BCUT2D eigenvalue weighted by molar-refractivity contribution is 5.81. The Morgan fingerprint density at radius 1 is 1.07 bits per heavy atom. The van der Waals surface area contributed by atoms with Crippen LogP contribution in [0.25, 0.3) is 6.08 Å². The van der Waals surface area contributed by atoms with Gasteiger partial charge in [0.05, 0.1) is 12.5 Å². The molecule has 1 aliphatic heterocycles. The molecule has 0 aromatic heterocycles. The minimum absolute atomic E-state index is 0.0364. The first-order chi connectivity index (χ1) is 13.1. The zero-order valence-corrected chi connectivity index (χ0v) is 15.9. The molecular formula is C23H26N2O2. The van der Waals surface area contributed by atoms with E-state index >= 15 is 0 Å². The molecule has 2 atom stereocenters. The maximum Gasteiger partial charge on any atom is 0.223 e. The summed E-state index contributed by atoms with van der Waals surface area (Å²) in [5, 5.41) is 3.07. The van der Waals surface area contributed by atoms with Crippen LogP contribution in [0.15, 0.2) is 60.8 Å². The molecule has 0 saturated heterocycles. The van der Waals surface area contributed by atoms with E-state index < -0.39 is 0 Å². The average molecular weight is 362 g/mol. The van der Waals surface area contributed by atoms with Crippen molar-refractivity contribution in [2.45, 2.75) is 38.6 Å². The molecule has 4 nitrogen and oxygen atoms in total. The van der Waals surface area contributed by atoms with Gasteiger partial charge in [0.1, 0.15) is 0 Å². The number of amides is 2. The van der Waals surface area contributed by atoms with E-state index in [1.54, 1.807) is 11.1 Å². The smallest absolute Gasteiger partial charge is 0.223 e. The number of hydrogen-bond acceptors (Lipinski definition) is 2. The third kappa shape index (κ3) is 4.45. The third-order valence-electron chi connectivity index (χ3n) is 5.16. The number of carbonyl (C=O) groups is 2. The number of benzene rings is 2. The minimum atomic E-state index is -0.263. The molecule has 0 spiro atoms. The second-order valence-electron chi connectivity index (χ2n) is 6.91. The first kappa shape index (κ1) is 18.9. The molecule has 3 rings (SSSR count). The lowest BCUT2D eigenvalue weighted by molar-refractivity contribution is -0.129. The number of rotatable bonds is 6. The first-order valence-electron chi connectivity index (χ1n) is 9.47. The highest BCUT2D eigenvalue weighted by Gasteiger charge is 2.28. The zero-order valence-electron chi connectivity index (χ0n) is 15.9. The Morgan fingerprint density at radius 3 is 2.48 bits per heavy atom. The molecule has 2 unspecified atom stereocenters. The predicted octanol–water partition coefficient (Wildman–Crippen LogP) is 4.26. The molecule has 140 valence electrons. The SMILES string of the molecule is CCC(CNC(=O)CC1c2ccccc2C=CN1C(C)=O)c1ccccc1. The highest BCUT2D eigenvalue weighted by Crippen LogP contribution is 2.32. The number of nitrogens with one attached hydrogen (secondary N) is 1. The Balaban J connectivity index is 1.68. The van der Waals surface area contributed by atoms with Gasteiger partial charge in [-0.05, 0) is 29.2 Å². The molecule has 2 amide bonds. The van der Waals surface area contributed by atoms with Crippen LogP contribution >= 0.6 is 0 Å². The van der Waals surface area contributed by atoms with Crippen molar-refractivity contribution in [2.24, 2.45) is 0 Å². The summed E-state index contributed by atoms with van der Waals surface area (Å²) < 4.78 is 0. The lowest BCUT2D eigenvalue weighted by atomic mass is 9.93. The standard InChI is InChI=1S/C23H26N2O2/c1-3-18(19-9-5-4-6-10-19)16-24-23(27)15-22-21-12-8-7-11-20(21)13-14-25(22)17(2)26/h4-14,18,22H,3,15-16H2,1-2H3,(H,24,27). The summed E-state index contributed by atoms with van der Waals surface area (Å²) in [6, 6.07) is 17.9. The van der Waals surface area contributed by atoms with E-state index in [1.807, 2.05) is 48.5 Å². The van der Waals surface area contributed by atoms with Crippen LogP contribution in [-0.2, 0) is 9.59 Å². The molecule has 0 saturated carbocycles. The normalized spacial score (nSPS) is 16.5. The molecule has 1 heterocycles. The van der Waals surface area contributed by atoms with Gasteiger partial charge in [0, 0.05) is 25.6 Å². The van der Waals surface area contributed by atoms with Crippen LogP contribution in [-0.4, -0.2) is 23.3 Å². The number of carbonyl (C=O) groups excluding carboxylic acids is 2. The Morgan fingerprint density at radius 2 is 1.78 bits per heavy atom. The summed E-state index contributed by atoms with van der Waals surface area (Å²) >= 11 is 0. The van der Waals surface area contributed by atoms with Crippen molar-refractivity contribution in [2.75, 3.05) is 6.54 Å². The number of nitrogens with zero attached hydrogens (tertiary/aromatic N) is 1. The molecule has 27 heavy (non-hydrogen) atoms. The number of fused-ring (bicyclic) bond motifs is 1. The zero-order chi connectivity index (χ0) is 19.2. The Labute approximate surface area is 160 Å². The maximum absolute atomic E-state index is 12.7. The van der Waals surface area contributed by atoms with Crippen LogP contribution in [0.5, 0.6) is 0 Å². The van der Waals surface area contributed by atoms with Gasteiger partial charge in [-0.25, -0.2) is 0 Å². The Bertz CT molecular complexity index is 829. The van der Waals surface area contributed by atoms with Gasteiger partial charge in [0.25, 0.3) is 0 Å². The molecule has 1 aliphatic rings. The number of hydrogen-bond donors (Lipinski definition) is 1. The molecule has 0 radical (unpaired) electrons. The van der Waals surface area contributed by atoms with Gasteiger partial charge in [-0.2, -0.15) is 0 Å². The van der Waals surface area contributed by atoms with E-state index in [0.29, 0.717) is 6.54 Å². The van der Waals surface area contributed by atoms with Crippen molar-refractivity contribution in [3.05, 3.63) is 77.5 Å². The molecule has 0 fully saturated rings. The molecule has 2 aromatic carbocycles. The van der Waals surface area contributed by atoms with E-state index in [0.717, 1.165) is 17.5 Å². The van der Waals surface area contributed by atoms with Gasteiger partial charge in [-0.3, -0.25) is 9.59 Å². The third-order valence-corrected chi connectivity index (χ3v) is 5.16. The van der Waals surface area contributed by atoms with Gasteiger partial charge in [0.15, 0.2) is 0 Å². The topological polar surface area (TPSA) is 49.4 Å². The molecule has 0 aliphatic carbocycles. The molecule has 4 heteroatoms. The monoisotopic (exact) mass is 362 g/mol. The van der Waals surface area contributed by atoms with Crippen molar-refractivity contribution in [3.8, 4) is 0 Å².